The van der Waals surface area contributed by atoms with Gasteiger partial charge >= 0.3 is 0 Å². The fraction of sp³-hybridized carbons (Fsp3) is 0.938. The summed E-state index contributed by atoms with van der Waals surface area (Å²) in [5.41, 5.74) is 5.55. The number of carbonyl (C=O) groups excluding carboxylic acids is 1. The van der Waals surface area contributed by atoms with Crippen LogP contribution in [0, 0.1) is 5.41 Å². The average molecular weight is 282 g/mol. The zero-order valence-corrected chi connectivity index (χ0v) is 13.1. The minimum Gasteiger partial charge on any atom is -0.377 e. The topological polar surface area (TPSA) is 55.6 Å². The van der Waals surface area contributed by atoms with Gasteiger partial charge in [0.05, 0.1) is 11.0 Å². The summed E-state index contributed by atoms with van der Waals surface area (Å²) in [5.74, 6) is 0.282. The molecule has 0 aromatic rings. The predicted molar refractivity (Wildman–Crippen MR) is 80.4 cm³/mol. The highest BCUT2D eigenvalue weighted by molar-refractivity contribution is 5.83. The van der Waals surface area contributed by atoms with Gasteiger partial charge in [-0.1, -0.05) is 25.7 Å². The van der Waals surface area contributed by atoms with E-state index in [1.807, 2.05) is 4.90 Å². The van der Waals surface area contributed by atoms with E-state index in [1.165, 1.54) is 12.8 Å². The number of ether oxygens (including phenoxy) is 1. The minimum absolute atomic E-state index is 0.186. The molecule has 1 aliphatic heterocycles. The van der Waals surface area contributed by atoms with Crippen molar-refractivity contribution >= 4 is 5.91 Å². The van der Waals surface area contributed by atoms with Gasteiger partial charge in [0, 0.05) is 26.7 Å². The predicted octanol–water partition coefficient (Wildman–Crippen LogP) is 2.31. The monoisotopic (exact) mass is 282 g/mol. The lowest BCUT2D eigenvalue weighted by molar-refractivity contribution is -0.150. The third kappa shape index (κ3) is 3.17. The Morgan fingerprint density at radius 1 is 1.15 bits per heavy atom. The molecule has 1 unspecified atom stereocenters. The first-order valence-corrected chi connectivity index (χ1v) is 8.10. The number of nitrogens with zero attached hydrogens (tertiary/aromatic N) is 1. The summed E-state index contributed by atoms with van der Waals surface area (Å²) in [7, 11) is 1.75. The second kappa shape index (κ2) is 6.44. The molecule has 20 heavy (non-hydrogen) atoms. The SMILES string of the molecule is COC1(C)CCCN(C(=O)C2(CN)CCCCCC2)C1. The molecular weight excluding hydrogens is 252 g/mol. The first-order chi connectivity index (χ1) is 9.55. The lowest BCUT2D eigenvalue weighted by atomic mass is 9.78. The molecule has 0 radical (unpaired) electrons. The fourth-order valence-corrected chi connectivity index (χ4v) is 3.79. The van der Waals surface area contributed by atoms with Crippen molar-refractivity contribution in [1.82, 2.24) is 4.90 Å². The molecule has 1 saturated heterocycles. The van der Waals surface area contributed by atoms with Crippen molar-refractivity contribution in [3.63, 3.8) is 0 Å². The van der Waals surface area contributed by atoms with Gasteiger partial charge in [-0.25, -0.2) is 0 Å². The van der Waals surface area contributed by atoms with Crippen LogP contribution in [-0.2, 0) is 9.53 Å². The van der Waals surface area contributed by atoms with Gasteiger partial charge in [0.15, 0.2) is 0 Å². The van der Waals surface area contributed by atoms with Crippen molar-refractivity contribution in [2.45, 2.75) is 63.9 Å². The van der Waals surface area contributed by atoms with Gasteiger partial charge < -0.3 is 15.4 Å². The van der Waals surface area contributed by atoms with Crippen molar-refractivity contribution in [3.8, 4) is 0 Å². The number of amides is 1. The van der Waals surface area contributed by atoms with E-state index in [2.05, 4.69) is 6.92 Å². The first-order valence-electron chi connectivity index (χ1n) is 8.10. The quantitative estimate of drug-likeness (QED) is 0.808. The molecule has 2 rings (SSSR count). The molecule has 4 nitrogen and oxygen atoms in total. The Bertz CT molecular complexity index is 337. The van der Waals surface area contributed by atoms with Crippen LogP contribution in [0.15, 0.2) is 0 Å². The highest BCUT2D eigenvalue weighted by Crippen LogP contribution is 2.37. The maximum absolute atomic E-state index is 13.1. The van der Waals surface area contributed by atoms with E-state index in [-0.39, 0.29) is 16.9 Å². The lowest BCUT2D eigenvalue weighted by Crippen LogP contribution is -2.55. The summed E-state index contributed by atoms with van der Waals surface area (Å²) >= 11 is 0. The summed E-state index contributed by atoms with van der Waals surface area (Å²) in [4.78, 5) is 15.1. The van der Waals surface area contributed by atoms with Gasteiger partial charge in [-0.3, -0.25) is 4.79 Å². The molecule has 0 aromatic heterocycles. The number of rotatable bonds is 3. The van der Waals surface area contributed by atoms with E-state index in [0.29, 0.717) is 13.1 Å². The highest BCUT2D eigenvalue weighted by Gasteiger charge is 2.43. The zero-order chi connectivity index (χ0) is 14.6. The molecule has 0 bridgehead atoms. The molecule has 1 saturated carbocycles. The molecule has 1 aliphatic carbocycles. The number of methoxy groups -OCH3 is 1. The van der Waals surface area contributed by atoms with E-state index in [9.17, 15) is 4.79 Å². The Balaban J connectivity index is 2.11. The van der Waals surface area contributed by atoms with Crippen molar-refractivity contribution < 1.29 is 9.53 Å². The molecule has 2 aliphatic rings. The Kier molecular flexibility index (Phi) is 5.08. The zero-order valence-electron chi connectivity index (χ0n) is 13.1. The van der Waals surface area contributed by atoms with Crippen LogP contribution in [0.5, 0.6) is 0 Å². The molecule has 1 atom stereocenters. The maximum Gasteiger partial charge on any atom is 0.230 e. The van der Waals surface area contributed by atoms with E-state index < -0.39 is 0 Å². The van der Waals surface area contributed by atoms with Crippen LogP contribution < -0.4 is 5.73 Å². The Morgan fingerprint density at radius 2 is 1.80 bits per heavy atom. The molecule has 1 heterocycles. The van der Waals surface area contributed by atoms with E-state index in [4.69, 9.17) is 10.5 Å². The van der Waals surface area contributed by atoms with Gasteiger partial charge in [-0.15, -0.1) is 0 Å². The fourth-order valence-electron chi connectivity index (χ4n) is 3.79. The van der Waals surface area contributed by atoms with Crippen molar-refractivity contribution in [1.29, 1.82) is 0 Å². The van der Waals surface area contributed by atoms with E-state index >= 15 is 0 Å². The van der Waals surface area contributed by atoms with Gasteiger partial charge in [0.1, 0.15) is 0 Å². The van der Waals surface area contributed by atoms with Crippen molar-refractivity contribution in [2.24, 2.45) is 11.1 Å². The second-order valence-corrected chi connectivity index (χ2v) is 6.88. The van der Waals surface area contributed by atoms with Gasteiger partial charge in [-0.2, -0.15) is 0 Å². The number of carbonyl (C=O) groups is 1. The van der Waals surface area contributed by atoms with Gasteiger partial charge in [0.25, 0.3) is 0 Å². The van der Waals surface area contributed by atoms with Crippen LogP contribution in [0.3, 0.4) is 0 Å². The van der Waals surface area contributed by atoms with Gasteiger partial charge in [-0.05, 0) is 32.6 Å². The molecule has 0 spiro atoms. The van der Waals surface area contributed by atoms with Crippen molar-refractivity contribution in [3.05, 3.63) is 0 Å². The largest absolute Gasteiger partial charge is 0.377 e. The number of piperidine rings is 1. The van der Waals surface area contributed by atoms with Crippen LogP contribution in [0.1, 0.15) is 58.3 Å². The summed E-state index contributed by atoms with van der Waals surface area (Å²) in [6.45, 7) is 4.17. The smallest absolute Gasteiger partial charge is 0.230 e. The van der Waals surface area contributed by atoms with E-state index in [1.54, 1.807) is 7.11 Å². The van der Waals surface area contributed by atoms with Crippen LogP contribution in [0.25, 0.3) is 0 Å². The molecule has 116 valence electrons. The lowest BCUT2D eigenvalue weighted by Gasteiger charge is -2.43. The normalized spacial score (nSPS) is 30.9. The number of likely N-dealkylation sites (tertiary alicyclic amines) is 1. The molecule has 2 N–H and O–H groups in total. The Hall–Kier alpha value is -0.610. The average Bonchev–Trinajstić information content (AvgIpc) is 2.73. The van der Waals surface area contributed by atoms with Crippen LogP contribution >= 0.6 is 0 Å². The van der Waals surface area contributed by atoms with Crippen molar-refractivity contribution in [2.75, 3.05) is 26.7 Å². The Labute approximate surface area is 123 Å². The minimum atomic E-state index is -0.303. The molecular formula is C16H30N2O2. The molecule has 1 amide bonds. The highest BCUT2D eigenvalue weighted by atomic mass is 16.5. The first kappa shape index (κ1) is 15.8. The van der Waals surface area contributed by atoms with E-state index in [0.717, 1.165) is 45.1 Å². The van der Waals surface area contributed by atoms with Crippen LogP contribution in [-0.4, -0.2) is 43.2 Å². The number of nitrogens with two attached hydrogens (primary N) is 1. The molecule has 0 aromatic carbocycles. The number of hydrogen-bond donors (Lipinski definition) is 1. The maximum atomic E-state index is 13.1. The Morgan fingerprint density at radius 3 is 2.35 bits per heavy atom. The molecule has 4 heteroatoms. The third-order valence-corrected chi connectivity index (χ3v) is 5.34. The summed E-state index contributed by atoms with van der Waals surface area (Å²) < 4.78 is 5.61. The standard InChI is InChI=1S/C16H30N2O2/c1-15(20-2)8-7-11-18(13-15)14(19)16(12-17)9-5-3-4-6-10-16/h3-13,17H2,1-2H3. The number of hydrogen-bond acceptors (Lipinski definition) is 3. The molecule has 2 fully saturated rings. The third-order valence-electron chi connectivity index (χ3n) is 5.34. The summed E-state index contributed by atoms with van der Waals surface area (Å²) in [6, 6.07) is 0. The summed E-state index contributed by atoms with van der Waals surface area (Å²) in [5, 5.41) is 0. The van der Waals surface area contributed by atoms with Gasteiger partial charge in [0.2, 0.25) is 5.91 Å². The van der Waals surface area contributed by atoms with Crippen LogP contribution in [0.4, 0.5) is 0 Å². The second-order valence-electron chi connectivity index (χ2n) is 6.88. The summed E-state index contributed by atoms with van der Waals surface area (Å²) in [6.07, 6.45) is 8.73. The van der Waals surface area contributed by atoms with Crippen LogP contribution in [0.2, 0.25) is 0 Å².